The van der Waals surface area contributed by atoms with Gasteiger partial charge in [0.05, 0.1) is 18.2 Å². The first kappa shape index (κ1) is 21.6. The number of benzene rings is 2. The molecule has 0 fully saturated rings. The van der Waals surface area contributed by atoms with E-state index in [2.05, 4.69) is 12.2 Å². The summed E-state index contributed by atoms with van der Waals surface area (Å²) in [5.41, 5.74) is -0.0187. The number of hydrogen-bond donors (Lipinski definition) is 1. The summed E-state index contributed by atoms with van der Waals surface area (Å²) < 4.78 is 48.9. The summed E-state index contributed by atoms with van der Waals surface area (Å²) in [6, 6.07) is 11.2. The van der Waals surface area contributed by atoms with Gasteiger partial charge < -0.3 is 14.8 Å². The number of carbonyl (C=O) groups excluding carboxylic acids is 1. The highest BCUT2D eigenvalue weighted by Gasteiger charge is 2.30. The minimum atomic E-state index is -4.50. The molecule has 1 atom stereocenters. The average molecular weight is 395 g/mol. The van der Waals surface area contributed by atoms with E-state index < -0.39 is 17.8 Å². The number of ether oxygens (including phenoxy) is 2. The Labute approximate surface area is 162 Å². The van der Waals surface area contributed by atoms with Crippen molar-refractivity contribution in [2.45, 2.75) is 45.3 Å². The molecule has 0 saturated heterocycles. The molecule has 1 N–H and O–H groups in total. The summed E-state index contributed by atoms with van der Waals surface area (Å²) in [6.45, 7) is 4.62. The van der Waals surface area contributed by atoms with Crippen molar-refractivity contribution >= 4 is 6.09 Å². The van der Waals surface area contributed by atoms with Crippen molar-refractivity contribution in [3.8, 4) is 11.5 Å². The van der Waals surface area contributed by atoms with Crippen molar-refractivity contribution in [2.75, 3.05) is 6.61 Å². The first-order valence-corrected chi connectivity index (χ1v) is 9.21. The monoisotopic (exact) mass is 395 g/mol. The summed E-state index contributed by atoms with van der Waals surface area (Å²) in [6.07, 6.45) is -2.69. The fourth-order valence-corrected chi connectivity index (χ4v) is 2.57. The van der Waals surface area contributed by atoms with Crippen LogP contribution in [0, 0.1) is 0 Å². The Hall–Kier alpha value is -2.70. The SMILES string of the molecule is CCCCOc1ccc(C(CC)NC(=O)Oc2cccc(C(F)(F)F)c2)cc1. The molecule has 0 bridgehead atoms. The van der Waals surface area contributed by atoms with Crippen LogP contribution < -0.4 is 14.8 Å². The Morgan fingerprint density at radius 3 is 2.39 bits per heavy atom. The van der Waals surface area contributed by atoms with E-state index in [-0.39, 0.29) is 11.8 Å². The highest BCUT2D eigenvalue weighted by Crippen LogP contribution is 2.31. The third-order valence-corrected chi connectivity index (χ3v) is 4.12. The molecule has 0 aliphatic heterocycles. The van der Waals surface area contributed by atoms with Crippen LogP contribution >= 0.6 is 0 Å². The van der Waals surface area contributed by atoms with Gasteiger partial charge in [-0.3, -0.25) is 0 Å². The van der Waals surface area contributed by atoms with Gasteiger partial charge in [-0.05, 0) is 48.7 Å². The van der Waals surface area contributed by atoms with Crippen molar-refractivity contribution < 1.29 is 27.4 Å². The Morgan fingerprint density at radius 1 is 1.07 bits per heavy atom. The largest absolute Gasteiger partial charge is 0.494 e. The van der Waals surface area contributed by atoms with Crippen LogP contribution in [0.1, 0.15) is 50.3 Å². The summed E-state index contributed by atoms with van der Waals surface area (Å²) >= 11 is 0. The van der Waals surface area contributed by atoms with Gasteiger partial charge in [0.25, 0.3) is 0 Å². The van der Waals surface area contributed by atoms with Crippen LogP contribution in [0.15, 0.2) is 48.5 Å². The van der Waals surface area contributed by atoms with E-state index in [9.17, 15) is 18.0 Å². The number of alkyl halides is 3. The Bertz CT molecular complexity index is 760. The predicted molar refractivity (Wildman–Crippen MR) is 100 cm³/mol. The van der Waals surface area contributed by atoms with E-state index >= 15 is 0 Å². The Morgan fingerprint density at radius 2 is 1.79 bits per heavy atom. The molecule has 7 heteroatoms. The maximum atomic E-state index is 12.8. The van der Waals surface area contributed by atoms with Gasteiger partial charge in [-0.25, -0.2) is 4.79 Å². The lowest BCUT2D eigenvalue weighted by Gasteiger charge is -2.18. The molecule has 28 heavy (non-hydrogen) atoms. The van der Waals surface area contributed by atoms with Crippen LogP contribution in [0.2, 0.25) is 0 Å². The molecule has 2 aromatic carbocycles. The van der Waals surface area contributed by atoms with Gasteiger partial charge in [-0.15, -0.1) is 0 Å². The molecule has 152 valence electrons. The summed E-state index contributed by atoms with van der Waals surface area (Å²) in [7, 11) is 0. The number of rotatable bonds is 8. The van der Waals surface area contributed by atoms with Crippen molar-refractivity contribution in [2.24, 2.45) is 0 Å². The number of amides is 1. The third kappa shape index (κ3) is 6.48. The van der Waals surface area contributed by atoms with Crippen molar-refractivity contribution in [1.82, 2.24) is 5.32 Å². The topological polar surface area (TPSA) is 47.6 Å². The minimum Gasteiger partial charge on any atom is -0.494 e. The van der Waals surface area contributed by atoms with Crippen LogP contribution in [0.5, 0.6) is 11.5 Å². The number of nitrogens with one attached hydrogen (secondary N) is 1. The Kier molecular flexibility index (Phi) is 7.72. The highest BCUT2D eigenvalue weighted by atomic mass is 19.4. The maximum Gasteiger partial charge on any atom is 0.416 e. The maximum absolute atomic E-state index is 12.8. The Balaban J connectivity index is 1.97. The first-order chi connectivity index (χ1) is 13.3. The van der Waals surface area contributed by atoms with Crippen molar-refractivity contribution in [3.05, 3.63) is 59.7 Å². The number of unbranched alkanes of at least 4 members (excludes halogenated alkanes) is 1. The van der Waals surface area contributed by atoms with Crippen LogP contribution in [0.4, 0.5) is 18.0 Å². The average Bonchev–Trinajstić information content (AvgIpc) is 2.66. The zero-order valence-electron chi connectivity index (χ0n) is 15.9. The van der Waals surface area contributed by atoms with Crippen LogP contribution in [0.25, 0.3) is 0 Å². The summed E-state index contributed by atoms with van der Waals surface area (Å²) in [5, 5.41) is 2.68. The molecule has 0 aromatic heterocycles. The van der Waals surface area contributed by atoms with E-state index in [4.69, 9.17) is 9.47 Å². The second kappa shape index (κ2) is 10.0. The molecule has 0 spiro atoms. The fraction of sp³-hybridized carbons (Fsp3) is 0.381. The van der Waals surface area contributed by atoms with Gasteiger partial charge in [0, 0.05) is 0 Å². The van der Waals surface area contributed by atoms with Gasteiger partial charge in [0.2, 0.25) is 0 Å². The molecule has 1 amide bonds. The van der Waals surface area contributed by atoms with Gasteiger partial charge in [0.15, 0.2) is 0 Å². The molecule has 2 aromatic rings. The van der Waals surface area contributed by atoms with Gasteiger partial charge in [0.1, 0.15) is 11.5 Å². The van der Waals surface area contributed by atoms with Crippen LogP contribution in [-0.2, 0) is 6.18 Å². The minimum absolute atomic E-state index is 0.165. The second-order valence-electron chi connectivity index (χ2n) is 6.29. The molecule has 0 radical (unpaired) electrons. The lowest BCUT2D eigenvalue weighted by Crippen LogP contribution is -2.30. The summed E-state index contributed by atoms with van der Waals surface area (Å²) in [5.74, 6) is 0.584. The van der Waals surface area contributed by atoms with E-state index in [1.807, 2.05) is 31.2 Å². The summed E-state index contributed by atoms with van der Waals surface area (Å²) in [4.78, 5) is 12.1. The number of hydrogen-bond acceptors (Lipinski definition) is 3. The zero-order valence-corrected chi connectivity index (χ0v) is 15.9. The quantitative estimate of drug-likeness (QED) is 0.548. The second-order valence-corrected chi connectivity index (χ2v) is 6.29. The predicted octanol–water partition coefficient (Wildman–Crippen LogP) is 6.12. The molecule has 0 aliphatic rings. The smallest absolute Gasteiger partial charge is 0.416 e. The van der Waals surface area contributed by atoms with E-state index in [1.54, 1.807) is 0 Å². The lowest BCUT2D eigenvalue weighted by atomic mass is 10.0. The van der Waals surface area contributed by atoms with Crippen LogP contribution in [0.3, 0.4) is 0 Å². The van der Waals surface area contributed by atoms with E-state index in [0.717, 1.165) is 36.3 Å². The van der Waals surface area contributed by atoms with Crippen LogP contribution in [-0.4, -0.2) is 12.7 Å². The first-order valence-electron chi connectivity index (χ1n) is 9.21. The molecular formula is C21H24F3NO3. The molecule has 1 unspecified atom stereocenters. The normalized spacial score (nSPS) is 12.3. The van der Waals surface area contributed by atoms with Crippen molar-refractivity contribution in [1.29, 1.82) is 0 Å². The fourth-order valence-electron chi connectivity index (χ4n) is 2.57. The molecule has 2 rings (SSSR count). The lowest BCUT2D eigenvalue weighted by molar-refractivity contribution is -0.137. The van der Waals surface area contributed by atoms with E-state index in [0.29, 0.717) is 13.0 Å². The zero-order chi connectivity index (χ0) is 20.6. The molecule has 0 saturated carbocycles. The number of carbonyl (C=O) groups is 1. The van der Waals surface area contributed by atoms with Gasteiger partial charge in [-0.1, -0.05) is 38.5 Å². The molecule has 0 heterocycles. The van der Waals surface area contributed by atoms with Crippen molar-refractivity contribution in [3.63, 3.8) is 0 Å². The third-order valence-electron chi connectivity index (χ3n) is 4.12. The number of halogens is 3. The van der Waals surface area contributed by atoms with E-state index in [1.165, 1.54) is 12.1 Å². The van der Waals surface area contributed by atoms with Gasteiger partial charge in [-0.2, -0.15) is 13.2 Å². The molecule has 0 aliphatic carbocycles. The standard InChI is InChI=1S/C21H24F3NO3/c1-3-5-13-27-17-11-9-15(10-12-17)19(4-2)25-20(26)28-18-8-6-7-16(14-18)21(22,23)24/h6-12,14,19H,3-5,13H2,1-2H3,(H,25,26). The van der Waals surface area contributed by atoms with Gasteiger partial charge >= 0.3 is 12.3 Å². The molecular weight excluding hydrogens is 371 g/mol. The molecule has 4 nitrogen and oxygen atoms in total. The highest BCUT2D eigenvalue weighted by molar-refractivity contribution is 5.71.